The fraction of sp³-hybridized carbons (Fsp3) is 0.209. The van der Waals surface area contributed by atoms with Crippen LogP contribution in [0.5, 0.6) is 11.5 Å². The largest absolute Gasteiger partial charge is 0.497 e. The highest BCUT2D eigenvalue weighted by Gasteiger charge is 2.17. The predicted octanol–water partition coefficient (Wildman–Crippen LogP) is 10.2. The van der Waals surface area contributed by atoms with Gasteiger partial charge in [0.05, 0.1) is 41.7 Å². The first kappa shape index (κ1) is 30.7. The molecule has 8 aromatic rings. The number of methoxy groups -OCH3 is 1. The molecule has 244 valence electrons. The molecule has 0 atom stereocenters. The first-order valence-corrected chi connectivity index (χ1v) is 17.2. The van der Waals surface area contributed by atoms with Crippen LogP contribution in [0.2, 0.25) is 0 Å². The van der Waals surface area contributed by atoms with Crippen LogP contribution in [0.4, 0.5) is 0 Å². The van der Waals surface area contributed by atoms with Crippen molar-refractivity contribution in [2.24, 2.45) is 0 Å². The van der Waals surface area contributed by atoms with Gasteiger partial charge in [0.25, 0.3) is 0 Å². The third-order valence-corrected chi connectivity index (χ3v) is 9.70. The molecule has 0 aliphatic heterocycles. The van der Waals surface area contributed by atoms with Gasteiger partial charge in [0.15, 0.2) is 0 Å². The Bertz CT molecular complexity index is 2390. The fourth-order valence-electron chi connectivity index (χ4n) is 7.36. The normalized spacial score (nSPS) is 11.6. The highest BCUT2D eigenvalue weighted by atomic mass is 16.5. The summed E-state index contributed by atoms with van der Waals surface area (Å²) in [5.41, 5.74) is 9.34. The molecule has 0 amide bonds. The Morgan fingerprint density at radius 1 is 0.592 bits per heavy atom. The SMILES string of the molecule is COc1ccc(-c2nccc3c4ccccc4n(CCCCOc4ccc5c6ccnc(C)c6n(CCCc6ccccc6)c5c4)c23)cc1. The van der Waals surface area contributed by atoms with Crippen LogP contribution in [-0.2, 0) is 19.5 Å². The van der Waals surface area contributed by atoms with Crippen molar-refractivity contribution in [2.45, 2.75) is 45.7 Å². The van der Waals surface area contributed by atoms with Crippen molar-refractivity contribution in [1.29, 1.82) is 0 Å². The third kappa shape index (κ3) is 5.88. The van der Waals surface area contributed by atoms with Gasteiger partial charge in [-0.1, -0.05) is 48.5 Å². The lowest BCUT2D eigenvalue weighted by Gasteiger charge is -2.12. The quantitative estimate of drug-likeness (QED) is 0.124. The van der Waals surface area contributed by atoms with Gasteiger partial charge in [-0.05, 0) is 92.8 Å². The molecule has 4 heterocycles. The summed E-state index contributed by atoms with van der Waals surface area (Å²) in [5, 5.41) is 4.98. The highest BCUT2D eigenvalue weighted by molar-refractivity contribution is 6.12. The summed E-state index contributed by atoms with van der Waals surface area (Å²) < 4.78 is 16.7. The van der Waals surface area contributed by atoms with E-state index in [0.29, 0.717) is 6.61 Å². The first-order chi connectivity index (χ1) is 24.2. The van der Waals surface area contributed by atoms with Crippen molar-refractivity contribution in [2.75, 3.05) is 13.7 Å². The van der Waals surface area contributed by atoms with Gasteiger partial charge < -0.3 is 18.6 Å². The van der Waals surface area contributed by atoms with Crippen molar-refractivity contribution in [3.8, 4) is 22.8 Å². The van der Waals surface area contributed by atoms with Gasteiger partial charge >= 0.3 is 0 Å². The van der Waals surface area contributed by atoms with E-state index in [-0.39, 0.29) is 0 Å². The number of aryl methyl sites for hydroxylation is 4. The number of hydrogen-bond acceptors (Lipinski definition) is 4. The molecule has 4 aromatic heterocycles. The number of benzene rings is 4. The van der Waals surface area contributed by atoms with Gasteiger partial charge in [-0.3, -0.25) is 9.97 Å². The summed E-state index contributed by atoms with van der Waals surface area (Å²) in [5.74, 6) is 1.75. The molecule has 0 radical (unpaired) electrons. The average Bonchev–Trinajstić information content (AvgIpc) is 3.65. The molecule has 0 N–H and O–H groups in total. The maximum atomic E-state index is 6.42. The molecule has 0 aliphatic carbocycles. The lowest BCUT2D eigenvalue weighted by atomic mass is 10.1. The molecule has 6 nitrogen and oxygen atoms in total. The highest BCUT2D eigenvalue weighted by Crippen LogP contribution is 2.36. The molecule has 6 heteroatoms. The predicted molar refractivity (Wildman–Crippen MR) is 201 cm³/mol. The third-order valence-electron chi connectivity index (χ3n) is 9.70. The van der Waals surface area contributed by atoms with Gasteiger partial charge in [-0.25, -0.2) is 0 Å². The molecule has 8 rings (SSSR count). The van der Waals surface area contributed by atoms with E-state index in [0.717, 1.165) is 67.2 Å². The molecule has 0 fully saturated rings. The Hall–Kier alpha value is -5.62. The monoisotopic (exact) mass is 644 g/mol. The van der Waals surface area contributed by atoms with Crippen LogP contribution in [0.25, 0.3) is 54.9 Å². The minimum Gasteiger partial charge on any atom is -0.497 e. The molecular formula is C43H40N4O2. The Labute approximate surface area is 286 Å². The Balaban J connectivity index is 1.01. The number of hydrogen-bond donors (Lipinski definition) is 0. The summed E-state index contributed by atoms with van der Waals surface area (Å²) >= 11 is 0. The molecule has 0 unspecified atom stereocenters. The lowest BCUT2D eigenvalue weighted by molar-refractivity contribution is 0.304. The van der Waals surface area contributed by atoms with E-state index in [4.69, 9.17) is 14.5 Å². The molecule has 0 saturated heterocycles. The zero-order valence-electron chi connectivity index (χ0n) is 28.1. The second-order valence-electron chi connectivity index (χ2n) is 12.7. The molecule has 0 spiro atoms. The topological polar surface area (TPSA) is 54.1 Å². The number of unbranched alkanes of at least 4 members (excludes halogenated alkanes) is 1. The smallest absolute Gasteiger partial charge is 0.121 e. The van der Waals surface area contributed by atoms with E-state index in [1.54, 1.807) is 7.11 Å². The number of pyridine rings is 2. The van der Waals surface area contributed by atoms with Gasteiger partial charge in [0.1, 0.15) is 11.5 Å². The summed E-state index contributed by atoms with van der Waals surface area (Å²) in [7, 11) is 1.69. The zero-order chi connectivity index (χ0) is 33.2. The molecule has 0 bridgehead atoms. The number of para-hydroxylation sites is 1. The van der Waals surface area contributed by atoms with E-state index in [2.05, 4.69) is 118 Å². The summed E-state index contributed by atoms with van der Waals surface area (Å²) in [6.07, 6.45) is 7.86. The van der Waals surface area contributed by atoms with Crippen LogP contribution in [0.3, 0.4) is 0 Å². The van der Waals surface area contributed by atoms with Gasteiger partial charge in [0, 0.05) is 64.2 Å². The zero-order valence-corrected chi connectivity index (χ0v) is 28.1. The molecule has 0 saturated carbocycles. The molecule has 49 heavy (non-hydrogen) atoms. The second kappa shape index (κ2) is 13.5. The second-order valence-corrected chi connectivity index (χ2v) is 12.7. The van der Waals surface area contributed by atoms with E-state index < -0.39 is 0 Å². The van der Waals surface area contributed by atoms with Gasteiger partial charge in [-0.2, -0.15) is 0 Å². The number of nitrogens with zero attached hydrogens (tertiary/aromatic N) is 4. The lowest BCUT2D eigenvalue weighted by Crippen LogP contribution is -2.04. The van der Waals surface area contributed by atoms with E-state index in [1.807, 2.05) is 24.5 Å². The summed E-state index contributed by atoms with van der Waals surface area (Å²) in [6, 6.07) is 38.4. The Morgan fingerprint density at radius 3 is 2.12 bits per heavy atom. The van der Waals surface area contributed by atoms with Crippen molar-refractivity contribution in [3.05, 3.63) is 133 Å². The number of aromatic nitrogens is 4. The van der Waals surface area contributed by atoms with Crippen LogP contribution in [0.15, 0.2) is 122 Å². The Morgan fingerprint density at radius 2 is 1.29 bits per heavy atom. The van der Waals surface area contributed by atoms with Crippen molar-refractivity contribution in [1.82, 2.24) is 19.1 Å². The first-order valence-electron chi connectivity index (χ1n) is 17.2. The average molecular weight is 645 g/mol. The van der Waals surface area contributed by atoms with E-state index >= 15 is 0 Å². The molecule has 0 aliphatic rings. The maximum absolute atomic E-state index is 6.42. The maximum Gasteiger partial charge on any atom is 0.121 e. The number of fused-ring (bicyclic) bond motifs is 6. The number of rotatable bonds is 12. The molecular weight excluding hydrogens is 604 g/mol. The van der Waals surface area contributed by atoms with Gasteiger partial charge in [0.2, 0.25) is 0 Å². The summed E-state index contributed by atoms with van der Waals surface area (Å²) in [4.78, 5) is 9.51. The standard InChI is InChI=1S/C43H40N4O2/c1-30-42-37(22-24-44-30)36-21-20-34(29-40(36)47(42)27-10-13-31-11-4-3-5-12-31)49-28-9-8-26-46-39-15-7-6-14-35(39)38-23-25-45-41(43(38)46)32-16-18-33(48-2)19-17-32/h3-7,11-12,14-25,29H,8-10,13,26-28H2,1-2H3. The molecule has 4 aromatic carbocycles. The van der Waals surface area contributed by atoms with Crippen molar-refractivity contribution < 1.29 is 9.47 Å². The fourth-order valence-corrected chi connectivity index (χ4v) is 7.36. The Kier molecular flexibility index (Phi) is 8.44. The van der Waals surface area contributed by atoms with Crippen LogP contribution >= 0.6 is 0 Å². The van der Waals surface area contributed by atoms with Crippen molar-refractivity contribution >= 4 is 43.6 Å². The summed E-state index contributed by atoms with van der Waals surface area (Å²) in [6.45, 7) is 4.57. The van der Waals surface area contributed by atoms with Crippen LogP contribution in [0.1, 0.15) is 30.5 Å². The van der Waals surface area contributed by atoms with Crippen LogP contribution in [-0.4, -0.2) is 32.8 Å². The minimum atomic E-state index is 0.654. The van der Waals surface area contributed by atoms with Gasteiger partial charge in [-0.15, -0.1) is 0 Å². The minimum absolute atomic E-state index is 0.654. The van der Waals surface area contributed by atoms with Crippen LogP contribution in [0, 0.1) is 6.92 Å². The van der Waals surface area contributed by atoms with Crippen LogP contribution < -0.4 is 9.47 Å². The van der Waals surface area contributed by atoms with Crippen molar-refractivity contribution in [3.63, 3.8) is 0 Å². The van der Waals surface area contributed by atoms with E-state index in [9.17, 15) is 0 Å². The number of ether oxygens (including phenoxy) is 2. The van der Waals surface area contributed by atoms with E-state index in [1.165, 1.54) is 49.2 Å².